The highest BCUT2D eigenvalue weighted by Crippen LogP contribution is 2.40. The molecule has 7 atom stereocenters. The van der Waals surface area contributed by atoms with E-state index in [0.717, 1.165) is 0 Å². The molecule has 0 aromatic heterocycles. The van der Waals surface area contributed by atoms with Crippen LogP contribution in [-0.4, -0.2) is 115 Å². The Bertz CT molecular complexity index is 1070. The standard InChI is InChI=1S/C28H40O13/c1-36-18-7-14(8-19(37-2)23(18)31)5-16(11-29)17(6-15-9-20(38-3)24(32)21(10-15)39-4)13-40-28-27(35)26(34)25(33)22(12-30)41-28/h7-10,16-17,22,25-35H,5-6,11-13H2,1-4H3/t16-,17-,22+,25+,26-,27+,28-/m0/s1. The molecular formula is C28H40O13. The lowest BCUT2D eigenvalue weighted by atomic mass is 9.83. The van der Waals surface area contributed by atoms with Crippen LogP contribution in [0.4, 0.5) is 0 Å². The summed E-state index contributed by atoms with van der Waals surface area (Å²) < 4.78 is 32.5. The first-order valence-corrected chi connectivity index (χ1v) is 13.0. The topological polar surface area (TPSA) is 197 Å². The van der Waals surface area contributed by atoms with Crippen molar-refractivity contribution in [1.29, 1.82) is 0 Å². The smallest absolute Gasteiger partial charge is 0.200 e. The number of rotatable bonds is 14. The zero-order valence-corrected chi connectivity index (χ0v) is 23.5. The molecule has 0 aliphatic carbocycles. The second kappa shape index (κ2) is 14.7. The maximum absolute atomic E-state index is 10.5. The van der Waals surface area contributed by atoms with Crippen LogP contribution < -0.4 is 18.9 Å². The van der Waals surface area contributed by atoms with Crippen molar-refractivity contribution >= 4 is 0 Å². The van der Waals surface area contributed by atoms with E-state index in [1.807, 2.05) is 0 Å². The molecule has 0 radical (unpaired) electrons. The quantitative estimate of drug-likeness (QED) is 0.156. The van der Waals surface area contributed by atoms with Gasteiger partial charge in [-0.25, -0.2) is 0 Å². The van der Waals surface area contributed by atoms with Gasteiger partial charge in [-0.2, -0.15) is 0 Å². The van der Waals surface area contributed by atoms with Gasteiger partial charge >= 0.3 is 0 Å². The second-order valence-corrected chi connectivity index (χ2v) is 9.84. The average Bonchev–Trinajstić information content (AvgIpc) is 2.98. The molecule has 1 aliphatic rings. The van der Waals surface area contributed by atoms with Crippen LogP contribution in [0.2, 0.25) is 0 Å². The van der Waals surface area contributed by atoms with Gasteiger partial charge in [0, 0.05) is 6.61 Å². The molecule has 1 saturated heterocycles. The zero-order valence-electron chi connectivity index (χ0n) is 23.5. The number of phenolic OH excluding ortho intramolecular Hbond substituents is 2. The Morgan fingerprint density at radius 3 is 1.51 bits per heavy atom. The summed E-state index contributed by atoms with van der Waals surface area (Å²) in [5, 5.41) is 71.4. The van der Waals surface area contributed by atoms with Crippen LogP contribution in [0.5, 0.6) is 34.5 Å². The monoisotopic (exact) mass is 584 g/mol. The Balaban J connectivity index is 1.93. The second-order valence-electron chi connectivity index (χ2n) is 9.84. The number of hydrogen-bond donors (Lipinski definition) is 7. The highest BCUT2D eigenvalue weighted by atomic mass is 16.7. The molecule has 41 heavy (non-hydrogen) atoms. The summed E-state index contributed by atoms with van der Waals surface area (Å²) in [7, 11) is 5.62. The number of aliphatic hydroxyl groups excluding tert-OH is 5. The van der Waals surface area contributed by atoms with Crippen LogP contribution in [-0.2, 0) is 22.3 Å². The van der Waals surface area contributed by atoms with Crippen molar-refractivity contribution < 1.29 is 64.2 Å². The lowest BCUT2D eigenvalue weighted by Crippen LogP contribution is -2.59. The van der Waals surface area contributed by atoms with Crippen molar-refractivity contribution in [3.05, 3.63) is 35.4 Å². The number of hydrogen-bond acceptors (Lipinski definition) is 13. The van der Waals surface area contributed by atoms with Crippen LogP contribution in [0.1, 0.15) is 11.1 Å². The largest absolute Gasteiger partial charge is 0.502 e. The Kier molecular flexibility index (Phi) is 11.7. The molecule has 1 fully saturated rings. The van der Waals surface area contributed by atoms with Crippen LogP contribution in [0, 0.1) is 11.8 Å². The van der Waals surface area contributed by atoms with E-state index in [9.17, 15) is 35.7 Å². The molecule has 0 saturated carbocycles. The van der Waals surface area contributed by atoms with Crippen LogP contribution in [0.25, 0.3) is 0 Å². The Labute approximate surface area is 238 Å². The van der Waals surface area contributed by atoms with E-state index in [1.54, 1.807) is 24.3 Å². The molecule has 1 aliphatic heterocycles. The van der Waals surface area contributed by atoms with Gasteiger partial charge < -0.3 is 64.2 Å². The maximum atomic E-state index is 10.5. The van der Waals surface area contributed by atoms with Crippen molar-refractivity contribution in [2.75, 3.05) is 48.3 Å². The summed E-state index contributed by atoms with van der Waals surface area (Å²) in [5.74, 6) is -0.513. The molecule has 0 bridgehead atoms. The molecule has 0 unspecified atom stereocenters. The first-order chi connectivity index (χ1) is 19.6. The first-order valence-electron chi connectivity index (χ1n) is 13.0. The van der Waals surface area contributed by atoms with Crippen molar-refractivity contribution in [3.63, 3.8) is 0 Å². The molecule has 1 heterocycles. The van der Waals surface area contributed by atoms with Gasteiger partial charge in [0.2, 0.25) is 11.5 Å². The molecule has 230 valence electrons. The Hall–Kier alpha value is -3.04. The van der Waals surface area contributed by atoms with Crippen molar-refractivity contribution in [2.24, 2.45) is 11.8 Å². The predicted molar refractivity (Wildman–Crippen MR) is 144 cm³/mol. The zero-order chi connectivity index (χ0) is 30.3. The summed E-state index contributed by atoms with van der Waals surface area (Å²) >= 11 is 0. The minimum atomic E-state index is -1.61. The maximum Gasteiger partial charge on any atom is 0.200 e. The molecule has 3 rings (SSSR count). The van der Waals surface area contributed by atoms with E-state index in [1.165, 1.54) is 28.4 Å². The molecule has 0 spiro atoms. The van der Waals surface area contributed by atoms with Gasteiger partial charge in [0.05, 0.1) is 41.7 Å². The molecule has 13 heteroatoms. The summed E-state index contributed by atoms with van der Waals surface area (Å²) in [5.41, 5.74) is 1.37. The summed E-state index contributed by atoms with van der Waals surface area (Å²) in [6, 6.07) is 6.50. The minimum Gasteiger partial charge on any atom is -0.502 e. The van der Waals surface area contributed by atoms with E-state index in [2.05, 4.69) is 0 Å². The summed E-state index contributed by atoms with van der Waals surface area (Å²) in [6.07, 6.45) is -6.69. The van der Waals surface area contributed by atoms with E-state index >= 15 is 0 Å². The molecule has 2 aromatic carbocycles. The van der Waals surface area contributed by atoms with E-state index in [4.69, 9.17) is 28.4 Å². The number of aromatic hydroxyl groups is 2. The van der Waals surface area contributed by atoms with Crippen LogP contribution in [0.3, 0.4) is 0 Å². The fraction of sp³-hybridized carbons (Fsp3) is 0.571. The lowest BCUT2D eigenvalue weighted by Gasteiger charge is -2.40. The summed E-state index contributed by atoms with van der Waals surface area (Å²) in [4.78, 5) is 0. The lowest BCUT2D eigenvalue weighted by molar-refractivity contribution is -0.304. The van der Waals surface area contributed by atoms with Gasteiger partial charge in [0.15, 0.2) is 29.3 Å². The van der Waals surface area contributed by atoms with Crippen molar-refractivity contribution in [1.82, 2.24) is 0 Å². The SMILES string of the molecule is COc1cc(C[C@@H](CO)[C@H](CO[C@H]2O[C@H](CO)[C@@H](O)[C@H](O)[C@H]2O)Cc2cc(OC)c(O)c(OC)c2)cc(OC)c1O. The number of benzene rings is 2. The van der Waals surface area contributed by atoms with E-state index in [-0.39, 0.29) is 54.1 Å². The third-order valence-electron chi connectivity index (χ3n) is 7.30. The Morgan fingerprint density at radius 2 is 1.12 bits per heavy atom. The van der Waals surface area contributed by atoms with Gasteiger partial charge in [-0.1, -0.05) is 0 Å². The normalized spacial score (nSPS) is 24.0. The summed E-state index contributed by atoms with van der Waals surface area (Å²) in [6.45, 7) is -0.989. The molecule has 7 N–H and O–H groups in total. The number of phenols is 2. The van der Waals surface area contributed by atoms with Crippen molar-refractivity contribution in [3.8, 4) is 34.5 Å². The van der Waals surface area contributed by atoms with Crippen LogP contribution in [0.15, 0.2) is 24.3 Å². The minimum absolute atomic E-state index is 0.0915. The third-order valence-corrected chi connectivity index (χ3v) is 7.30. The number of aliphatic hydroxyl groups is 5. The van der Waals surface area contributed by atoms with Crippen LogP contribution >= 0.6 is 0 Å². The van der Waals surface area contributed by atoms with Gasteiger partial charge in [-0.05, 0) is 60.1 Å². The third kappa shape index (κ3) is 7.43. The molecular weight excluding hydrogens is 544 g/mol. The predicted octanol–water partition coefficient (Wildman–Crippen LogP) is -0.0414. The fourth-order valence-corrected chi connectivity index (χ4v) is 4.90. The van der Waals surface area contributed by atoms with E-state index < -0.39 is 49.1 Å². The first kappa shape index (κ1) is 32.5. The van der Waals surface area contributed by atoms with Gasteiger partial charge in [-0.3, -0.25) is 0 Å². The van der Waals surface area contributed by atoms with Gasteiger partial charge in [0.25, 0.3) is 0 Å². The number of methoxy groups -OCH3 is 4. The highest BCUT2D eigenvalue weighted by molar-refractivity contribution is 5.53. The highest BCUT2D eigenvalue weighted by Gasteiger charge is 2.44. The van der Waals surface area contributed by atoms with Gasteiger partial charge in [0.1, 0.15) is 24.4 Å². The fourth-order valence-electron chi connectivity index (χ4n) is 4.90. The molecule has 0 amide bonds. The molecule has 13 nitrogen and oxygen atoms in total. The average molecular weight is 585 g/mol. The van der Waals surface area contributed by atoms with Crippen molar-refractivity contribution in [2.45, 2.75) is 43.5 Å². The number of ether oxygens (including phenoxy) is 6. The van der Waals surface area contributed by atoms with E-state index in [0.29, 0.717) is 17.5 Å². The van der Waals surface area contributed by atoms with Gasteiger partial charge in [-0.15, -0.1) is 0 Å². The Morgan fingerprint density at radius 1 is 0.683 bits per heavy atom. The molecule has 2 aromatic rings.